The van der Waals surface area contributed by atoms with Gasteiger partial charge in [-0.1, -0.05) is 47.7 Å². The molecule has 1 heterocycles. The maximum Gasteiger partial charge on any atom is 0.416 e. The van der Waals surface area contributed by atoms with E-state index in [1.807, 2.05) is 6.07 Å². The van der Waals surface area contributed by atoms with Crippen LogP contribution in [0.2, 0.25) is 0 Å². The Kier molecular flexibility index (Phi) is 6.75. The Hall–Kier alpha value is -3.60. The topological polar surface area (TPSA) is 89.5 Å². The van der Waals surface area contributed by atoms with Crippen LogP contribution in [0, 0.1) is 0 Å². The molecule has 0 aliphatic carbocycles. The predicted molar refractivity (Wildman–Crippen MR) is 109 cm³/mol. The number of anilines is 2. The molecule has 0 radical (unpaired) electrons. The van der Waals surface area contributed by atoms with Crippen molar-refractivity contribution in [3.63, 3.8) is 0 Å². The van der Waals surface area contributed by atoms with E-state index in [9.17, 15) is 22.8 Å². The maximum atomic E-state index is 12.8. The highest BCUT2D eigenvalue weighted by molar-refractivity contribution is 7.20. The number of alkyl halides is 3. The molecule has 2 aromatic carbocycles. The quantitative estimate of drug-likeness (QED) is 0.549. The van der Waals surface area contributed by atoms with Crippen molar-refractivity contribution in [3.8, 4) is 17.0 Å². The van der Waals surface area contributed by atoms with Crippen LogP contribution < -0.4 is 15.4 Å². The Morgan fingerprint density at radius 1 is 1.06 bits per heavy atom. The number of thiazole rings is 1. The van der Waals surface area contributed by atoms with Crippen LogP contribution in [0.25, 0.3) is 11.3 Å². The fraction of sp³-hybridized carbons (Fsp3) is 0.150. The highest BCUT2D eigenvalue weighted by Crippen LogP contribution is 2.36. The van der Waals surface area contributed by atoms with E-state index in [0.29, 0.717) is 16.3 Å². The van der Waals surface area contributed by atoms with Crippen LogP contribution in [0.5, 0.6) is 5.75 Å². The number of benzene rings is 2. The van der Waals surface area contributed by atoms with Crippen molar-refractivity contribution in [3.05, 3.63) is 60.2 Å². The lowest BCUT2D eigenvalue weighted by Crippen LogP contribution is -2.20. The third kappa shape index (κ3) is 5.95. The maximum absolute atomic E-state index is 12.8. The molecule has 0 aliphatic heterocycles. The molecule has 0 bridgehead atoms. The number of methoxy groups -OCH3 is 1. The van der Waals surface area contributed by atoms with Gasteiger partial charge in [-0.15, -0.1) is 0 Å². The van der Waals surface area contributed by atoms with Crippen molar-refractivity contribution in [1.82, 2.24) is 4.98 Å². The molecule has 3 aromatic rings. The predicted octanol–water partition coefficient (Wildman–Crippen LogP) is 5.02. The molecule has 0 fully saturated rings. The van der Waals surface area contributed by atoms with Gasteiger partial charge >= 0.3 is 12.3 Å². The van der Waals surface area contributed by atoms with Gasteiger partial charge in [0.05, 0.1) is 12.7 Å². The average Bonchev–Trinajstić information content (AvgIpc) is 3.14. The molecule has 0 unspecified atom stereocenters. The molecule has 11 heteroatoms. The first kappa shape index (κ1) is 22.1. The van der Waals surface area contributed by atoms with E-state index in [1.165, 1.54) is 19.2 Å². The molecule has 7 nitrogen and oxygen atoms in total. The Balaban J connectivity index is 1.73. The van der Waals surface area contributed by atoms with E-state index in [-0.39, 0.29) is 10.9 Å². The molecular weight excluding hydrogens is 435 g/mol. The molecule has 0 saturated heterocycles. The fourth-order valence-electron chi connectivity index (χ4n) is 2.46. The molecule has 31 heavy (non-hydrogen) atoms. The lowest BCUT2D eigenvalue weighted by atomic mass is 10.2. The molecule has 0 saturated carbocycles. The Labute approximate surface area is 178 Å². The third-order valence-electron chi connectivity index (χ3n) is 3.85. The summed E-state index contributed by atoms with van der Waals surface area (Å²) in [6, 6.07) is 13.2. The number of amides is 2. The van der Waals surface area contributed by atoms with E-state index < -0.39 is 30.3 Å². The molecule has 0 aliphatic rings. The summed E-state index contributed by atoms with van der Waals surface area (Å²) < 4.78 is 48.1. The first-order valence-electron chi connectivity index (χ1n) is 8.77. The average molecular weight is 451 g/mol. The zero-order chi connectivity index (χ0) is 22.4. The number of halogens is 3. The number of hydrogen-bond donors (Lipinski definition) is 2. The van der Waals surface area contributed by atoms with Crippen molar-refractivity contribution in [1.29, 1.82) is 0 Å². The van der Waals surface area contributed by atoms with Crippen molar-refractivity contribution >= 4 is 33.5 Å². The summed E-state index contributed by atoms with van der Waals surface area (Å²) in [7, 11) is 1.20. The second-order valence-electron chi connectivity index (χ2n) is 6.04. The molecule has 2 amide bonds. The molecule has 1 aromatic heterocycles. The second kappa shape index (κ2) is 9.47. The van der Waals surface area contributed by atoms with Gasteiger partial charge < -0.3 is 14.8 Å². The summed E-state index contributed by atoms with van der Waals surface area (Å²) >= 11 is 0.995. The van der Waals surface area contributed by atoms with E-state index in [1.54, 1.807) is 24.3 Å². The van der Waals surface area contributed by atoms with Gasteiger partial charge in [-0.3, -0.25) is 10.1 Å². The fourth-order valence-corrected chi connectivity index (χ4v) is 3.35. The first-order chi connectivity index (χ1) is 14.8. The van der Waals surface area contributed by atoms with Crippen molar-refractivity contribution in [2.75, 3.05) is 24.4 Å². The minimum atomic E-state index is -4.52. The molecule has 0 atom stereocenters. The number of ether oxygens (including phenoxy) is 2. The zero-order valence-corrected chi connectivity index (χ0v) is 16.8. The molecule has 162 valence electrons. The molecular formula is C20H16F3N3O4S. The molecule has 3 rings (SSSR count). The number of aromatic nitrogens is 1. The van der Waals surface area contributed by atoms with E-state index in [2.05, 4.69) is 20.4 Å². The van der Waals surface area contributed by atoms with Crippen LogP contribution in [0.1, 0.15) is 5.56 Å². The monoisotopic (exact) mass is 451 g/mol. The van der Waals surface area contributed by atoms with Gasteiger partial charge in [0, 0.05) is 5.56 Å². The number of hydrogen-bond acceptors (Lipinski definition) is 6. The van der Waals surface area contributed by atoms with Crippen LogP contribution in [-0.4, -0.2) is 30.7 Å². The lowest BCUT2D eigenvalue weighted by Gasteiger charge is -2.10. The minimum Gasteiger partial charge on any atom is -0.484 e. The van der Waals surface area contributed by atoms with Gasteiger partial charge in [-0.2, -0.15) is 13.2 Å². The van der Waals surface area contributed by atoms with Gasteiger partial charge in [0.2, 0.25) is 0 Å². The van der Waals surface area contributed by atoms with Crippen molar-refractivity contribution in [2.24, 2.45) is 0 Å². The van der Waals surface area contributed by atoms with Crippen LogP contribution in [-0.2, 0) is 15.7 Å². The summed E-state index contributed by atoms with van der Waals surface area (Å²) in [5.74, 6) is -0.700. The summed E-state index contributed by atoms with van der Waals surface area (Å²) in [6.07, 6.45) is -5.24. The van der Waals surface area contributed by atoms with Crippen LogP contribution in [0.3, 0.4) is 0 Å². The number of nitrogens with one attached hydrogen (secondary N) is 2. The van der Waals surface area contributed by atoms with Crippen LogP contribution in [0.4, 0.5) is 28.1 Å². The van der Waals surface area contributed by atoms with Gasteiger partial charge in [0.15, 0.2) is 11.7 Å². The smallest absolute Gasteiger partial charge is 0.416 e. The third-order valence-corrected chi connectivity index (χ3v) is 4.74. The number of nitrogens with zero attached hydrogens (tertiary/aromatic N) is 1. The standard InChI is InChI=1S/C20H16F3N3O4S/c1-29-19(28)26-18-25-16(12-6-3-2-4-7-12)17(31-18)24-15(27)11-30-14-9-5-8-13(10-14)20(21,22)23/h2-10H,11H2,1H3,(H,24,27)(H,25,26,28). The number of carbonyl (C=O) groups excluding carboxylic acids is 2. The van der Waals surface area contributed by atoms with Gasteiger partial charge in [-0.05, 0) is 18.2 Å². The van der Waals surface area contributed by atoms with E-state index in [0.717, 1.165) is 23.5 Å². The normalized spacial score (nSPS) is 11.0. The second-order valence-corrected chi connectivity index (χ2v) is 7.04. The Morgan fingerprint density at radius 3 is 2.48 bits per heavy atom. The zero-order valence-electron chi connectivity index (χ0n) is 16.0. The van der Waals surface area contributed by atoms with E-state index in [4.69, 9.17) is 4.74 Å². The first-order valence-corrected chi connectivity index (χ1v) is 9.59. The summed E-state index contributed by atoms with van der Waals surface area (Å²) in [4.78, 5) is 28.1. The molecule has 0 spiro atoms. The summed E-state index contributed by atoms with van der Waals surface area (Å²) in [5.41, 5.74) is 0.216. The highest BCUT2D eigenvalue weighted by atomic mass is 32.1. The van der Waals surface area contributed by atoms with Crippen LogP contribution >= 0.6 is 11.3 Å². The van der Waals surface area contributed by atoms with Crippen molar-refractivity contribution < 1.29 is 32.2 Å². The largest absolute Gasteiger partial charge is 0.484 e. The van der Waals surface area contributed by atoms with Gasteiger partial charge in [0.25, 0.3) is 5.91 Å². The summed E-state index contributed by atoms with van der Waals surface area (Å²) in [5, 5.41) is 5.57. The van der Waals surface area contributed by atoms with Crippen LogP contribution in [0.15, 0.2) is 54.6 Å². The minimum absolute atomic E-state index is 0.0920. The summed E-state index contributed by atoms with van der Waals surface area (Å²) in [6.45, 7) is -0.521. The van der Waals surface area contributed by atoms with Gasteiger partial charge in [-0.25, -0.2) is 9.78 Å². The highest BCUT2D eigenvalue weighted by Gasteiger charge is 2.30. The lowest BCUT2D eigenvalue weighted by molar-refractivity contribution is -0.137. The Bertz CT molecular complexity index is 1070. The molecule has 2 N–H and O–H groups in total. The van der Waals surface area contributed by atoms with Crippen molar-refractivity contribution in [2.45, 2.75) is 6.18 Å². The Morgan fingerprint density at radius 2 is 1.81 bits per heavy atom. The van der Waals surface area contributed by atoms with E-state index >= 15 is 0 Å². The SMILES string of the molecule is COC(=O)Nc1nc(-c2ccccc2)c(NC(=O)COc2cccc(C(F)(F)F)c2)s1. The van der Waals surface area contributed by atoms with Gasteiger partial charge in [0.1, 0.15) is 16.4 Å². The number of carbonyl (C=O) groups is 2. The number of rotatable bonds is 6.